The third-order valence-electron chi connectivity index (χ3n) is 4.75. The molecular formula is C18H24N2O3S. The topological polar surface area (TPSA) is 66.5 Å². The second-order valence-electron chi connectivity index (χ2n) is 7.03. The van der Waals surface area contributed by atoms with Crippen LogP contribution in [0.2, 0.25) is 0 Å². The van der Waals surface area contributed by atoms with Gasteiger partial charge in [0, 0.05) is 13.1 Å². The Bertz CT molecular complexity index is 743. The Labute approximate surface area is 143 Å². The minimum Gasteiger partial charge on any atom is -0.349 e. The summed E-state index contributed by atoms with van der Waals surface area (Å²) >= 11 is 0. The molecule has 5 nitrogen and oxygen atoms in total. The van der Waals surface area contributed by atoms with E-state index in [0.29, 0.717) is 13.0 Å². The van der Waals surface area contributed by atoms with E-state index < -0.39 is 15.4 Å². The van der Waals surface area contributed by atoms with Gasteiger partial charge in [-0.2, -0.15) is 0 Å². The van der Waals surface area contributed by atoms with Crippen LogP contribution in [0.25, 0.3) is 5.57 Å². The Kier molecular flexibility index (Phi) is 4.78. The number of carbonyl (C=O) groups is 1. The zero-order valence-corrected chi connectivity index (χ0v) is 14.8. The van der Waals surface area contributed by atoms with Gasteiger partial charge in [0.05, 0.1) is 23.6 Å². The van der Waals surface area contributed by atoms with E-state index in [2.05, 4.69) is 28.4 Å². The number of nitrogens with zero attached hydrogens (tertiary/aromatic N) is 1. The SMILES string of the molecule is C[C@@]1(NC(=O)CN2CC=C(c3ccccc3)CC2)CCS(=O)(=O)C1. The first-order valence-electron chi connectivity index (χ1n) is 8.34. The molecule has 1 amide bonds. The number of sulfone groups is 1. The average molecular weight is 348 g/mol. The Morgan fingerprint density at radius 1 is 1.29 bits per heavy atom. The second-order valence-corrected chi connectivity index (χ2v) is 9.22. The molecule has 1 aromatic rings. The smallest absolute Gasteiger partial charge is 0.234 e. The molecule has 3 rings (SSSR count). The maximum absolute atomic E-state index is 12.3. The molecule has 130 valence electrons. The fourth-order valence-electron chi connectivity index (χ4n) is 3.46. The standard InChI is InChI=1S/C18H24N2O3S/c1-18(9-12-24(22,23)14-18)19-17(21)13-20-10-7-16(8-11-20)15-5-3-2-4-6-15/h2-7H,8-14H2,1H3,(H,19,21)/t18-/m1/s1. The minimum absolute atomic E-state index is 0.0454. The van der Waals surface area contributed by atoms with E-state index in [1.807, 2.05) is 25.1 Å². The number of nitrogens with one attached hydrogen (secondary N) is 1. The van der Waals surface area contributed by atoms with Crippen molar-refractivity contribution in [1.82, 2.24) is 10.2 Å². The molecule has 2 heterocycles. The molecule has 0 spiro atoms. The largest absolute Gasteiger partial charge is 0.349 e. The summed E-state index contributed by atoms with van der Waals surface area (Å²) in [4.78, 5) is 14.4. The number of carbonyl (C=O) groups excluding carboxylic acids is 1. The maximum atomic E-state index is 12.3. The van der Waals surface area contributed by atoms with Crippen molar-refractivity contribution in [2.45, 2.75) is 25.3 Å². The van der Waals surface area contributed by atoms with Crippen LogP contribution in [0, 0.1) is 0 Å². The second kappa shape index (κ2) is 6.69. The first-order chi connectivity index (χ1) is 11.4. The van der Waals surface area contributed by atoms with Gasteiger partial charge in [0.15, 0.2) is 9.84 Å². The molecule has 0 aliphatic carbocycles. The van der Waals surface area contributed by atoms with E-state index in [9.17, 15) is 13.2 Å². The number of benzene rings is 1. The Morgan fingerprint density at radius 3 is 2.62 bits per heavy atom. The molecule has 24 heavy (non-hydrogen) atoms. The molecule has 2 aliphatic rings. The normalized spacial score (nSPS) is 26.8. The molecule has 1 aromatic carbocycles. The van der Waals surface area contributed by atoms with Gasteiger partial charge in [-0.25, -0.2) is 8.42 Å². The molecule has 1 N–H and O–H groups in total. The zero-order valence-electron chi connectivity index (χ0n) is 14.0. The van der Waals surface area contributed by atoms with Crippen LogP contribution in [0.4, 0.5) is 0 Å². The molecule has 2 aliphatic heterocycles. The fourth-order valence-corrected chi connectivity index (χ4v) is 5.55. The fraction of sp³-hybridized carbons (Fsp3) is 0.500. The van der Waals surface area contributed by atoms with Crippen molar-refractivity contribution in [3.8, 4) is 0 Å². The van der Waals surface area contributed by atoms with Crippen molar-refractivity contribution in [2.75, 3.05) is 31.1 Å². The van der Waals surface area contributed by atoms with Gasteiger partial charge >= 0.3 is 0 Å². The van der Waals surface area contributed by atoms with Crippen LogP contribution < -0.4 is 5.32 Å². The average Bonchev–Trinajstić information content (AvgIpc) is 2.82. The lowest BCUT2D eigenvalue weighted by molar-refractivity contribution is -0.123. The van der Waals surface area contributed by atoms with Crippen LogP contribution in [0.3, 0.4) is 0 Å². The van der Waals surface area contributed by atoms with E-state index in [0.717, 1.165) is 19.5 Å². The molecule has 1 saturated heterocycles. The summed E-state index contributed by atoms with van der Waals surface area (Å²) in [6, 6.07) is 10.3. The van der Waals surface area contributed by atoms with E-state index in [1.54, 1.807) is 0 Å². The third kappa shape index (κ3) is 4.24. The highest BCUT2D eigenvalue weighted by Gasteiger charge is 2.39. The molecule has 1 fully saturated rings. The van der Waals surface area contributed by atoms with Gasteiger partial charge in [0.1, 0.15) is 0 Å². The summed E-state index contributed by atoms with van der Waals surface area (Å²) in [6.45, 7) is 3.71. The van der Waals surface area contributed by atoms with Gasteiger partial charge < -0.3 is 5.32 Å². The van der Waals surface area contributed by atoms with E-state index >= 15 is 0 Å². The highest BCUT2D eigenvalue weighted by atomic mass is 32.2. The van der Waals surface area contributed by atoms with Gasteiger partial charge in [0.2, 0.25) is 5.91 Å². The Hall–Kier alpha value is -1.66. The van der Waals surface area contributed by atoms with Crippen molar-refractivity contribution in [1.29, 1.82) is 0 Å². The van der Waals surface area contributed by atoms with Gasteiger partial charge in [-0.1, -0.05) is 36.4 Å². The first kappa shape index (κ1) is 17.2. The van der Waals surface area contributed by atoms with Gasteiger partial charge in [0.25, 0.3) is 0 Å². The number of amides is 1. The summed E-state index contributed by atoms with van der Waals surface area (Å²) in [5, 5.41) is 2.92. The molecule has 0 bridgehead atoms. The minimum atomic E-state index is -3.01. The van der Waals surface area contributed by atoms with Crippen LogP contribution in [-0.4, -0.2) is 55.9 Å². The summed E-state index contributed by atoms with van der Waals surface area (Å²) < 4.78 is 23.2. The lowest BCUT2D eigenvalue weighted by Crippen LogP contribution is -2.50. The van der Waals surface area contributed by atoms with Crippen molar-refractivity contribution in [3.05, 3.63) is 42.0 Å². The first-order valence-corrected chi connectivity index (χ1v) is 10.2. The van der Waals surface area contributed by atoms with Crippen LogP contribution in [0.1, 0.15) is 25.3 Å². The van der Waals surface area contributed by atoms with Crippen LogP contribution in [0.15, 0.2) is 36.4 Å². The molecular weight excluding hydrogens is 324 g/mol. The zero-order chi connectivity index (χ0) is 17.2. The van der Waals surface area contributed by atoms with Crippen LogP contribution >= 0.6 is 0 Å². The van der Waals surface area contributed by atoms with Crippen LogP contribution in [-0.2, 0) is 14.6 Å². The molecule has 0 saturated carbocycles. The predicted octanol–water partition coefficient (Wildman–Crippen LogP) is 1.47. The highest BCUT2D eigenvalue weighted by Crippen LogP contribution is 2.24. The Balaban J connectivity index is 1.53. The highest BCUT2D eigenvalue weighted by molar-refractivity contribution is 7.91. The Morgan fingerprint density at radius 2 is 2.04 bits per heavy atom. The lowest BCUT2D eigenvalue weighted by atomic mass is 9.99. The third-order valence-corrected chi connectivity index (χ3v) is 6.65. The van der Waals surface area contributed by atoms with E-state index in [4.69, 9.17) is 0 Å². The molecule has 0 unspecified atom stereocenters. The quantitative estimate of drug-likeness (QED) is 0.895. The van der Waals surface area contributed by atoms with Gasteiger partial charge in [-0.05, 0) is 30.9 Å². The van der Waals surface area contributed by atoms with Crippen LogP contribution in [0.5, 0.6) is 0 Å². The van der Waals surface area contributed by atoms with Crippen molar-refractivity contribution in [2.24, 2.45) is 0 Å². The number of rotatable bonds is 4. The molecule has 6 heteroatoms. The molecule has 0 radical (unpaired) electrons. The van der Waals surface area contributed by atoms with Gasteiger partial charge in [-0.15, -0.1) is 0 Å². The monoisotopic (exact) mass is 348 g/mol. The predicted molar refractivity (Wildman–Crippen MR) is 95.3 cm³/mol. The summed E-state index contributed by atoms with van der Waals surface area (Å²) in [7, 11) is -3.01. The molecule has 1 atom stereocenters. The van der Waals surface area contributed by atoms with E-state index in [1.165, 1.54) is 11.1 Å². The summed E-state index contributed by atoms with van der Waals surface area (Å²) in [5.74, 6) is 0.117. The van der Waals surface area contributed by atoms with E-state index in [-0.39, 0.29) is 17.4 Å². The molecule has 0 aromatic heterocycles. The lowest BCUT2D eigenvalue weighted by Gasteiger charge is -2.29. The number of hydrogen-bond acceptors (Lipinski definition) is 4. The van der Waals surface area contributed by atoms with Gasteiger partial charge in [-0.3, -0.25) is 9.69 Å². The number of hydrogen-bond donors (Lipinski definition) is 1. The maximum Gasteiger partial charge on any atom is 0.234 e. The van der Waals surface area contributed by atoms with Crippen molar-refractivity contribution in [3.63, 3.8) is 0 Å². The van der Waals surface area contributed by atoms with Crippen molar-refractivity contribution < 1.29 is 13.2 Å². The summed E-state index contributed by atoms with van der Waals surface area (Å²) in [6.07, 6.45) is 3.59. The summed E-state index contributed by atoms with van der Waals surface area (Å²) in [5.41, 5.74) is 1.95. The van der Waals surface area contributed by atoms with Crippen molar-refractivity contribution >= 4 is 21.3 Å².